The largest absolute Gasteiger partial charge is 0.493 e. The Labute approximate surface area is 280 Å². The van der Waals surface area contributed by atoms with Gasteiger partial charge < -0.3 is 9.64 Å². The summed E-state index contributed by atoms with van der Waals surface area (Å²) in [6.45, 7) is 6.58. The van der Waals surface area contributed by atoms with E-state index >= 15 is 0 Å². The summed E-state index contributed by atoms with van der Waals surface area (Å²) in [5, 5.41) is 1.17. The molecular weight excluding hydrogens is 647 g/mol. The summed E-state index contributed by atoms with van der Waals surface area (Å²) in [6, 6.07) is 18.9. The number of aliphatic imine (C=N–C) groups is 1. The first kappa shape index (κ1) is 33.9. The number of carbonyl (C=O) groups is 2. The molecule has 1 saturated heterocycles. The Morgan fingerprint density at radius 2 is 1.52 bits per heavy atom. The maximum atomic E-state index is 14.7. The molecule has 3 aromatic rings. The molecule has 0 saturated carbocycles. The summed E-state index contributed by atoms with van der Waals surface area (Å²) in [4.78, 5) is 37.9. The average molecular weight is 686 g/mol. The van der Waals surface area contributed by atoms with E-state index in [1.165, 1.54) is 13.2 Å². The van der Waals surface area contributed by atoms with Crippen molar-refractivity contribution in [3.05, 3.63) is 99.0 Å². The third-order valence-electron chi connectivity index (χ3n) is 8.26. The van der Waals surface area contributed by atoms with Crippen molar-refractivity contribution in [1.82, 2.24) is 14.7 Å². The lowest BCUT2D eigenvalue weighted by molar-refractivity contribution is 0.101. The second-order valence-electron chi connectivity index (χ2n) is 11.6. The number of urea groups is 1. The molecular formula is C34H38Cl2N4O5S. The first-order valence-electron chi connectivity index (χ1n) is 15.3. The Kier molecular flexibility index (Phi) is 10.7. The number of nitrogens with zero attached hydrogens (tertiary/aromatic N) is 4. The summed E-state index contributed by atoms with van der Waals surface area (Å²) in [6.07, 6.45) is 1.80. The van der Waals surface area contributed by atoms with Crippen LogP contribution >= 0.6 is 23.2 Å². The number of benzene rings is 3. The number of halogens is 2. The second-order valence-corrected chi connectivity index (χ2v) is 14.7. The molecule has 9 nitrogen and oxygen atoms in total. The number of hydrogen-bond acceptors (Lipinski definition) is 7. The highest BCUT2D eigenvalue weighted by Gasteiger charge is 2.45. The molecule has 12 heteroatoms. The van der Waals surface area contributed by atoms with Crippen molar-refractivity contribution in [3.8, 4) is 5.75 Å². The Hall–Kier alpha value is -3.44. The third-order valence-corrected chi connectivity index (χ3v) is 9.79. The van der Waals surface area contributed by atoms with Crippen LogP contribution in [0.25, 0.3) is 0 Å². The van der Waals surface area contributed by atoms with Crippen molar-refractivity contribution < 1.29 is 22.7 Å². The Bertz CT molecular complexity index is 1710. The van der Waals surface area contributed by atoms with E-state index < -0.39 is 21.9 Å². The summed E-state index contributed by atoms with van der Waals surface area (Å²) in [5.41, 5.74) is 2.84. The van der Waals surface area contributed by atoms with E-state index in [2.05, 4.69) is 4.90 Å². The molecule has 0 radical (unpaired) electrons. The van der Waals surface area contributed by atoms with E-state index in [1.807, 2.05) is 48.2 Å². The van der Waals surface area contributed by atoms with Gasteiger partial charge in [-0.2, -0.15) is 0 Å². The van der Waals surface area contributed by atoms with Crippen LogP contribution in [0.4, 0.5) is 4.79 Å². The molecule has 0 N–H and O–H groups in total. The predicted molar refractivity (Wildman–Crippen MR) is 182 cm³/mol. The number of sulfone groups is 1. The Morgan fingerprint density at radius 3 is 2.09 bits per heavy atom. The topological polar surface area (TPSA) is 99.6 Å². The lowest BCUT2D eigenvalue weighted by Crippen LogP contribution is -2.54. The second kappa shape index (κ2) is 14.5. The molecule has 0 spiro atoms. The predicted octanol–water partition coefficient (Wildman–Crippen LogP) is 6.31. The molecule has 0 bridgehead atoms. The van der Waals surface area contributed by atoms with Crippen molar-refractivity contribution in [3.63, 3.8) is 0 Å². The quantitative estimate of drug-likeness (QED) is 0.232. The van der Waals surface area contributed by atoms with Crippen molar-refractivity contribution in [1.29, 1.82) is 0 Å². The van der Waals surface area contributed by atoms with Gasteiger partial charge in [0.2, 0.25) is 0 Å². The number of hydrogen-bond donors (Lipinski definition) is 0. The van der Waals surface area contributed by atoms with Gasteiger partial charge in [-0.1, -0.05) is 53.5 Å². The summed E-state index contributed by atoms with van der Waals surface area (Å²) in [5.74, 6) is 0.952. The van der Waals surface area contributed by atoms with Gasteiger partial charge in [0, 0.05) is 48.0 Å². The zero-order chi connectivity index (χ0) is 33.0. The van der Waals surface area contributed by atoms with Gasteiger partial charge in [-0.15, -0.1) is 0 Å². The van der Waals surface area contributed by atoms with Gasteiger partial charge in [-0.05, 0) is 74.3 Å². The summed E-state index contributed by atoms with van der Waals surface area (Å²) in [7, 11) is -3.03. The molecule has 244 valence electrons. The molecule has 2 atom stereocenters. The van der Waals surface area contributed by atoms with Crippen LogP contribution in [0.5, 0.6) is 5.75 Å². The maximum Gasteiger partial charge on any atom is 0.326 e. The van der Waals surface area contributed by atoms with Crippen LogP contribution in [0, 0.1) is 0 Å². The number of Topliss-reactive ketones (excluding diaryl/α,β-unsaturated/α-hetero) is 1. The SMILES string of the molecule is CCOc1cc(C(C)=O)ccc1C1=N[C@@H](c2ccc(Cl)cc2)[C@@H](c2ccc(Cl)cc2)N1C(=O)N1CCN(CCCS(C)(=O)=O)CC1. The smallest absolute Gasteiger partial charge is 0.326 e. The van der Waals surface area contributed by atoms with E-state index in [9.17, 15) is 18.0 Å². The molecule has 3 aromatic carbocycles. The molecule has 46 heavy (non-hydrogen) atoms. The lowest BCUT2D eigenvalue weighted by Gasteiger charge is -2.39. The first-order chi connectivity index (χ1) is 21.9. The van der Waals surface area contributed by atoms with E-state index in [-0.39, 0.29) is 17.6 Å². The molecule has 2 heterocycles. The van der Waals surface area contributed by atoms with Crippen molar-refractivity contribution in [2.45, 2.75) is 32.4 Å². The molecule has 0 aliphatic carbocycles. The molecule has 1 fully saturated rings. The summed E-state index contributed by atoms with van der Waals surface area (Å²) >= 11 is 12.5. The number of piperazine rings is 1. The standard InChI is InChI=1S/C34H38Cl2N4O5S/c1-4-45-30-22-26(23(2)41)10-15-29(30)33-37-31(24-6-11-27(35)12-7-24)32(25-8-13-28(36)14-9-25)40(33)34(42)39-19-17-38(18-20-39)16-5-21-46(3,43)44/h6-15,22,31-32H,4-5,16-21H2,1-3H3/t31-,32+/m0/s1. The lowest BCUT2D eigenvalue weighted by atomic mass is 9.93. The van der Waals surface area contributed by atoms with Gasteiger partial charge in [-0.25, -0.2) is 13.2 Å². The molecule has 2 amide bonds. The average Bonchev–Trinajstić information content (AvgIpc) is 3.41. The Balaban J connectivity index is 1.56. The highest BCUT2D eigenvalue weighted by atomic mass is 35.5. The van der Waals surface area contributed by atoms with E-state index in [1.54, 1.807) is 35.2 Å². The zero-order valence-corrected chi connectivity index (χ0v) is 28.5. The van der Waals surface area contributed by atoms with Crippen molar-refractivity contribution in [2.24, 2.45) is 4.99 Å². The number of carbonyl (C=O) groups excluding carboxylic acids is 2. The van der Waals surface area contributed by atoms with E-state index in [0.29, 0.717) is 78.5 Å². The van der Waals surface area contributed by atoms with Crippen LogP contribution in [0.2, 0.25) is 10.0 Å². The normalized spacial score (nSPS) is 18.8. The van der Waals surface area contributed by atoms with E-state index in [4.69, 9.17) is 32.9 Å². The van der Waals surface area contributed by atoms with Crippen LogP contribution in [0.3, 0.4) is 0 Å². The fourth-order valence-corrected chi connectivity index (χ4v) is 6.83. The van der Waals surface area contributed by atoms with Crippen molar-refractivity contribution in [2.75, 3.05) is 51.3 Å². The molecule has 0 aromatic heterocycles. The molecule has 2 aliphatic rings. The Morgan fingerprint density at radius 1 is 0.913 bits per heavy atom. The first-order valence-corrected chi connectivity index (χ1v) is 18.1. The van der Waals surface area contributed by atoms with Gasteiger partial charge in [0.25, 0.3) is 0 Å². The summed E-state index contributed by atoms with van der Waals surface area (Å²) < 4.78 is 29.3. The van der Waals surface area contributed by atoms with Crippen molar-refractivity contribution >= 4 is 50.7 Å². The minimum Gasteiger partial charge on any atom is -0.493 e. The zero-order valence-electron chi connectivity index (χ0n) is 26.2. The van der Waals surface area contributed by atoms with Gasteiger partial charge in [-0.3, -0.25) is 19.6 Å². The number of amidine groups is 1. The van der Waals surface area contributed by atoms with Crippen LogP contribution in [0.15, 0.2) is 71.7 Å². The van der Waals surface area contributed by atoms with Crippen LogP contribution < -0.4 is 4.74 Å². The highest BCUT2D eigenvalue weighted by Crippen LogP contribution is 2.45. The molecule has 0 unspecified atom stereocenters. The number of rotatable bonds is 10. The molecule has 5 rings (SSSR count). The van der Waals surface area contributed by atoms with Gasteiger partial charge >= 0.3 is 6.03 Å². The maximum absolute atomic E-state index is 14.7. The monoisotopic (exact) mass is 684 g/mol. The number of ether oxygens (including phenoxy) is 1. The van der Waals surface area contributed by atoms with Gasteiger partial charge in [0.1, 0.15) is 27.5 Å². The van der Waals surface area contributed by atoms with E-state index in [0.717, 1.165) is 11.1 Å². The minimum atomic E-state index is -3.03. The molecule has 2 aliphatic heterocycles. The van der Waals surface area contributed by atoms with Crippen LogP contribution in [-0.2, 0) is 9.84 Å². The number of ketones is 1. The highest BCUT2D eigenvalue weighted by molar-refractivity contribution is 7.90. The fourth-order valence-electron chi connectivity index (χ4n) is 5.92. The minimum absolute atomic E-state index is 0.0960. The van der Waals surface area contributed by atoms with Gasteiger partial charge in [0.15, 0.2) is 5.78 Å². The number of amides is 2. The third kappa shape index (κ3) is 7.91. The van der Waals surface area contributed by atoms with Crippen LogP contribution in [0.1, 0.15) is 59.4 Å². The van der Waals surface area contributed by atoms with Gasteiger partial charge in [0.05, 0.1) is 24.0 Å². The van der Waals surface area contributed by atoms with Crippen LogP contribution in [-0.4, -0.2) is 92.1 Å². The fraction of sp³-hybridized carbons (Fsp3) is 0.382.